The number of nitrogens with zero attached hydrogens (tertiary/aromatic N) is 3. The first-order valence-electron chi connectivity index (χ1n) is 10.5. The highest BCUT2D eigenvalue weighted by Crippen LogP contribution is 2.34. The lowest BCUT2D eigenvalue weighted by atomic mass is 10.2. The summed E-state index contributed by atoms with van der Waals surface area (Å²) in [5, 5.41) is 5.44. The van der Waals surface area contributed by atoms with Crippen LogP contribution >= 0.6 is 39.1 Å². The summed E-state index contributed by atoms with van der Waals surface area (Å²) in [6.07, 6.45) is 2.91. The summed E-state index contributed by atoms with van der Waals surface area (Å²) in [7, 11) is 0. The van der Waals surface area contributed by atoms with Crippen molar-refractivity contribution in [3.8, 4) is 5.75 Å². The van der Waals surface area contributed by atoms with E-state index in [1.807, 2.05) is 13.0 Å². The van der Waals surface area contributed by atoms with Gasteiger partial charge >= 0.3 is 0 Å². The van der Waals surface area contributed by atoms with Gasteiger partial charge in [-0.2, -0.15) is 9.78 Å². The zero-order valence-electron chi connectivity index (χ0n) is 18.1. The summed E-state index contributed by atoms with van der Waals surface area (Å²) in [6.45, 7) is 2.19. The average Bonchev–Trinajstić information content (AvgIpc) is 2.80. The Morgan fingerprint density at radius 1 is 1.12 bits per heavy atom. The van der Waals surface area contributed by atoms with E-state index in [4.69, 9.17) is 27.9 Å². The molecule has 0 aliphatic heterocycles. The van der Waals surface area contributed by atoms with Crippen LogP contribution in [0.4, 0.5) is 4.39 Å². The van der Waals surface area contributed by atoms with Gasteiger partial charge in [-0.1, -0.05) is 58.2 Å². The fraction of sp³-hybridized carbons (Fsp3) is 0.160. The maximum Gasteiger partial charge on any atom is 0.282 e. The molecule has 5 nitrogen and oxygen atoms in total. The maximum absolute atomic E-state index is 13.1. The Labute approximate surface area is 213 Å². The predicted molar refractivity (Wildman–Crippen MR) is 138 cm³/mol. The molecule has 0 saturated carbocycles. The fourth-order valence-corrected chi connectivity index (χ4v) is 4.33. The molecule has 0 amide bonds. The van der Waals surface area contributed by atoms with Crippen molar-refractivity contribution in [2.24, 2.45) is 5.10 Å². The number of aryl methyl sites for hydroxylation is 1. The Bertz CT molecular complexity index is 1420. The summed E-state index contributed by atoms with van der Waals surface area (Å²) in [6, 6.07) is 14.6. The van der Waals surface area contributed by atoms with Crippen LogP contribution in [-0.4, -0.2) is 15.9 Å². The summed E-state index contributed by atoms with van der Waals surface area (Å²) >= 11 is 16.2. The number of hydrogen-bond acceptors (Lipinski definition) is 4. The molecule has 0 bridgehead atoms. The van der Waals surface area contributed by atoms with Crippen LogP contribution in [0.1, 0.15) is 30.3 Å². The molecule has 3 aromatic carbocycles. The van der Waals surface area contributed by atoms with Gasteiger partial charge in [-0.15, -0.1) is 0 Å². The molecule has 0 unspecified atom stereocenters. The van der Waals surface area contributed by atoms with Crippen molar-refractivity contribution in [2.45, 2.75) is 26.4 Å². The molecule has 0 spiro atoms. The number of ether oxygens (including phenoxy) is 1. The third-order valence-electron chi connectivity index (χ3n) is 4.99. The average molecular weight is 563 g/mol. The van der Waals surface area contributed by atoms with Gasteiger partial charge in [0.15, 0.2) is 5.75 Å². The first-order chi connectivity index (χ1) is 16.4. The fourth-order valence-electron chi connectivity index (χ4n) is 3.35. The third kappa shape index (κ3) is 5.49. The molecule has 4 rings (SSSR count). The third-order valence-corrected chi connectivity index (χ3v) is 6.04. The van der Waals surface area contributed by atoms with E-state index < -0.39 is 0 Å². The Kier molecular flexibility index (Phi) is 7.66. The zero-order valence-corrected chi connectivity index (χ0v) is 21.2. The highest BCUT2D eigenvalue weighted by Gasteiger charge is 2.12. The molecule has 0 saturated heterocycles. The first kappa shape index (κ1) is 24.4. The number of halogens is 4. The molecular weight excluding hydrogens is 544 g/mol. The van der Waals surface area contributed by atoms with Crippen LogP contribution in [0.25, 0.3) is 10.9 Å². The number of aromatic nitrogens is 2. The van der Waals surface area contributed by atoms with Gasteiger partial charge in [0, 0.05) is 10.9 Å². The molecule has 0 fully saturated rings. The van der Waals surface area contributed by atoms with Crippen molar-refractivity contribution in [3.05, 3.63) is 102 Å². The minimum Gasteiger partial charge on any atom is -0.486 e. The maximum atomic E-state index is 13.1. The van der Waals surface area contributed by atoms with Crippen molar-refractivity contribution in [3.63, 3.8) is 0 Å². The van der Waals surface area contributed by atoms with E-state index in [0.717, 1.165) is 16.5 Å². The Hall–Kier alpha value is -2.74. The van der Waals surface area contributed by atoms with Crippen LogP contribution in [0, 0.1) is 5.82 Å². The van der Waals surface area contributed by atoms with Crippen molar-refractivity contribution in [1.29, 1.82) is 0 Å². The van der Waals surface area contributed by atoms with E-state index in [1.165, 1.54) is 23.0 Å². The monoisotopic (exact) mass is 561 g/mol. The molecule has 0 aliphatic rings. The molecule has 0 N–H and O–H groups in total. The molecule has 1 aromatic heterocycles. The SMILES string of the molecule is CCCc1nc2ccc(Br)cc2c(=O)n1N=Cc1cc(Cl)c(OCc2ccc(F)cc2)c(Cl)c1. The second-order valence-electron chi connectivity index (χ2n) is 7.53. The van der Waals surface area contributed by atoms with Gasteiger partial charge in [0.2, 0.25) is 0 Å². The Morgan fingerprint density at radius 2 is 1.82 bits per heavy atom. The number of hydrogen-bond donors (Lipinski definition) is 0. The van der Waals surface area contributed by atoms with Crippen LogP contribution in [-0.2, 0) is 13.0 Å². The lowest BCUT2D eigenvalue weighted by molar-refractivity contribution is 0.306. The molecule has 0 atom stereocenters. The van der Waals surface area contributed by atoms with E-state index in [9.17, 15) is 9.18 Å². The quantitative estimate of drug-likeness (QED) is 0.227. The summed E-state index contributed by atoms with van der Waals surface area (Å²) in [4.78, 5) is 17.7. The predicted octanol–water partition coefficient (Wildman–Crippen LogP) is 7.02. The van der Waals surface area contributed by atoms with Crippen LogP contribution in [0.3, 0.4) is 0 Å². The zero-order chi connectivity index (χ0) is 24.2. The van der Waals surface area contributed by atoms with Gasteiger partial charge in [0.1, 0.15) is 18.2 Å². The van der Waals surface area contributed by atoms with Crippen LogP contribution in [0.15, 0.2) is 69.0 Å². The van der Waals surface area contributed by atoms with E-state index in [1.54, 1.807) is 36.4 Å². The van der Waals surface area contributed by atoms with E-state index in [-0.39, 0.29) is 28.0 Å². The molecule has 9 heteroatoms. The van der Waals surface area contributed by atoms with Gasteiger partial charge < -0.3 is 4.74 Å². The Morgan fingerprint density at radius 3 is 2.50 bits per heavy atom. The lowest BCUT2D eigenvalue weighted by Gasteiger charge is -2.11. The van der Waals surface area contributed by atoms with Gasteiger partial charge in [0.25, 0.3) is 5.56 Å². The number of rotatable bonds is 7. The topological polar surface area (TPSA) is 56.5 Å². The molecule has 4 aromatic rings. The Balaban J connectivity index is 1.63. The van der Waals surface area contributed by atoms with Crippen LogP contribution in [0.5, 0.6) is 5.75 Å². The molecule has 1 heterocycles. The standard InChI is InChI=1S/C25H19BrCl2FN3O2/c1-2-3-23-31-22-9-6-17(26)12-19(22)25(33)32(23)30-13-16-10-20(27)24(21(28)11-16)34-14-15-4-7-18(29)8-5-15/h4-13H,2-3,14H2,1H3. The van der Waals surface area contributed by atoms with Crippen molar-refractivity contribution >= 4 is 56.2 Å². The van der Waals surface area contributed by atoms with Crippen molar-refractivity contribution in [1.82, 2.24) is 9.66 Å². The smallest absolute Gasteiger partial charge is 0.282 e. The second-order valence-corrected chi connectivity index (χ2v) is 9.26. The van der Waals surface area contributed by atoms with Crippen molar-refractivity contribution < 1.29 is 9.13 Å². The summed E-state index contributed by atoms with van der Waals surface area (Å²) in [5.74, 6) is 0.555. The van der Waals surface area contributed by atoms with E-state index >= 15 is 0 Å². The molecule has 0 radical (unpaired) electrons. The minimum atomic E-state index is -0.320. The van der Waals surface area contributed by atoms with E-state index in [2.05, 4.69) is 26.0 Å². The molecular formula is C25H19BrCl2FN3O2. The normalized spacial score (nSPS) is 11.4. The van der Waals surface area contributed by atoms with Gasteiger partial charge in [-0.25, -0.2) is 9.37 Å². The van der Waals surface area contributed by atoms with Crippen LogP contribution < -0.4 is 10.3 Å². The number of benzene rings is 3. The first-order valence-corrected chi connectivity index (χ1v) is 12.0. The number of fused-ring (bicyclic) bond motifs is 1. The summed E-state index contributed by atoms with van der Waals surface area (Å²) < 4.78 is 20.9. The largest absolute Gasteiger partial charge is 0.486 e. The summed E-state index contributed by atoms with van der Waals surface area (Å²) in [5.41, 5.74) is 1.73. The highest BCUT2D eigenvalue weighted by molar-refractivity contribution is 9.10. The molecule has 174 valence electrons. The van der Waals surface area contributed by atoms with E-state index in [0.29, 0.717) is 34.5 Å². The van der Waals surface area contributed by atoms with Gasteiger partial charge in [-0.3, -0.25) is 4.79 Å². The lowest BCUT2D eigenvalue weighted by Crippen LogP contribution is -2.22. The highest BCUT2D eigenvalue weighted by atomic mass is 79.9. The van der Waals surface area contributed by atoms with Gasteiger partial charge in [0.05, 0.1) is 27.2 Å². The van der Waals surface area contributed by atoms with Gasteiger partial charge in [-0.05, 0) is 60.0 Å². The molecule has 34 heavy (non-hydrogen) atoms. The minimum absolute atomic E-state index is 0.182. The van der Waals surface area contributed by atoms with Crippen molar-refractivity contribution in [2.75, 3.05) is 0 Å². The second kappa shape index (κ2) is 10.7. The molecule has 0 aliphatic carbocycles. The van der Waals surface area contributed by atoms with Crippen LogP contribution in [0.2, 0.25) is 10.0 Å².